The number of amides is 1. The number of nitrogens with one attached hydrogen (secondary N) is 1. The number of pyridine rings is 1. The normalized spacial score (nSPS) is 14.5. The van der Waals surface area contributed by atoms with E-state index in [1.54, 1.807) is 31.3 Å². The highest BCUT2D eigenvalue weighted by Crippen LogP contribution is 2.30. The Morgan fingerprint density at radius 2 is 1.97 bits per heavy atom. The van der Waals surface area contributed by atoms with Gasteiger partial charge in [0, 0.05) is 11.4 Å². The van der Waals surface area contributed by atoms with Gasteiger partial charge in [-0.15, -0.1) is 11.8 Å². The molecule has 0 saturated heterocycles. The number of thioether (sulfide) groups is 1. The Bertz CT molecular complexity index is 938. The average Bonchev–Trinajstić information content (AvgIpc) is 2.73. The number of hydroxylamine groups is 1. The van der Waals surface area contributed by atoms with E-state index in [4.69, 9.17) is 9.94 Å². The number of carbonyl (C=O) groups excluding carboxylic acids is 1. The van der Waals surface area contributed by atoms with E-state index < -0.39 is 27.1 Å². The molecule has 2 rings (SSSR count). The molecule has 0 aliphatic carbocycles. The summed E-state index contributed by atoms with van der Waals surface area (Å²) in [5.74, 6) is -1.52. The van der Waals surface area contributed by atoms with Crippen LogP contribution in [0.4, 0.5) is 0 Å². The van der Waals surface area contributed by atoms with Crippen LogP contribution in [0, 0.1) is 0 Å². The Labute approximate surface area is 186 Å². The van der Waals surface area contributed by atoms with Crippen molar-refractivity contribution in [1.29, 1.82) is 0 Å². The molecule has 2 unspecified atom stereocenters. The van der Waals surface area contributed by atoms with Gasteiger partial charge in [-0.05, 0) is 49.2 Å². The molecule has 0 bridgehead atoms. The second-order valence-corrected chi connectivity index (χ2v) is 10.7. The highest BCUT2D eigenvalue weighted by molar-refractivity contribution is 7.99. The smallest absolute Gasteiger partial charge is 0.276 e. The molecule has 0 radical (unpaired) electrons. The van der Waals surface area contributed by atoms with Gasteiger partial charge in [0.05, 0.1) is 22.3 Å². The lowest BCUT2D eigenvalue weighted by Gasteiger charge is -2.28. The van der Waals surface area contributed by atoms with Gasteiger partial charge >= 0.3 is 0 Å². The van der Waals surface area contributed by atoms with E-state index in [0.717, 1.165) is 12.8 Å². The first-order valence-electron chi connectivity index (χ1n) is 9.90. The van der Waals surface area contributed by atoms with Crippen LogP contribution in [0.1, 0.15) is 33.1 Å². The van der Waals surface area contributed by atoms with E-state index in [9.17, 15) is 18.3 Å². The van der Waals surface area contributed by atoms with Crippen LogP contribution in [0.3, 0.4) is 0 Å². The number of aliphatic hydroxyl groups is 1. The zero-order chi connectivity index (χ0) is 22.9. The molecule has 1 aromatic heterocycles. The van der Waals surface area contributed by atoms with Crippen molar-refractivity contribution in [2.75, 3.05) is 12.4 Å². The molecule has 2 atom stereocenters. The van der Waals surface area contributed by atoms with Crippen LogP contribution in [-0.2, 0) is 14.6 Å². The second kappa shape index (κ2) is 11.5. The Balaban J connectivity index is 2.15. The minimum Gasteiger partial charge on any atom is -0.494 e. The van der Waals surface area contributed by atoms with Crippen LogP contribution in [-0.4, -0.2) is 52.8 Å². The third kappa shape index (κ3) is 7.49. The largest absolute Gasteiger partial charge is 0.494 e. The average molecular weight is 469 g/mol. The number of rotatable bonds is 12. The summed E-state index contributed by atoms with van der Waals surface area (Å²) in [6, 6.07) is 11.2. The molecular weight excluding hydrogens is 440 g/mol. The van der Waals surface area contributed by atoms with Crippen LogP contribution in [0.5, 0.6) is 5.75 Å². The number of sulfone groups is 1. The quantitative estimate of drug-likeness (QED) is 0.188. The van der Waals surface area contributed by atoms with Gasteiger partial charge in [0.1, 0.15) is 5.75 Å². The van der Waals surface area contributed by atoms with E-state index in [1.807, 2.05) is 6.92 Å². The summed E-state index contributed by atoms with van der Waals surface area (Å²) in [5, 5.41) is 20.3. The van der Waals surface area contributed by atoms with Crippen molar-refractivity contribution in [3.63, 3.8) is 0 Å². The molecule has 8 nitrogen and oxygen atoms in total. The van der Waals surface area contributed by atoms with Gasteiger partial charge in [-0.25, -0.2) is 18.9 Å². The molecule has 2 aromatic rings. The molecule has 1 heterocycles. The van der Waals surface area contributed by atoms with Gasteiger partial charge in [-0.1, -0.05) is 26.3 Å². The summed E-state index contributed by atoms with van der Waals surface area (Å²) in [4.78, 5) is 16.3. The fraction of sp³-hybridized carbons (Fsp3) is 0.429. The van der Waals surface area contributed by atoms with E-state index in [1.165, 1.54) is 41.5 Å². The maximum atomic E-state index is 12.9. The first kappa shape index (κ1) is 25.1. The first-order valence-corrected chi connectivity index (χ1v) is 12.4. The molecule has 170 valence electrons. The minimum atomic E-state index is -4.04. The predicted molar refractivity (Wildman–Crippen MR) is 118 cm³/mol. The molecule has 0 spiro atoms. The van der Waals surface area contributed by atoms with Gasteiger partial charge in [0.2, 0.25) is 0 Å². The zero-order valence-corrected chi connectivity index (χ0v) is 19.2. The molecule has 0 fully saturated rings. The Morgan fingerprint density at radius 3 is 2.55 bits per heavy atom. The number of unbranched alkanes of at least 4 members (excludes halogenated alkanes) is 1. The van der Waals surface area contributed by atoms with Crippen molar-refractivity contribution in [1.82, 2.24) is 10.5 Å². The van der Waals surface area contributed by atoms with E-state index in [0.29, 0.717) is 17.4 Å². The highest BCUT2D eigenvalue weighted by atomic mass is 32.2. The lowest BCUT2D eigenvalue weighted by atomic mass is 9.99. The van der Waals surface area contributed by atoms with Crippen LogP contribution < -0.4 is 10.2 Å². The lowest BCUT2D eigenvalue weighted by Crippen LogP contribution is -2.52. The molecule has 0 aliphatic heterocycles. The fourth-order valence-corrected chi connectivity index (χ4v) is 5.58. The molecule has 1 aromatic carbocycles. The number of nitrogens with zero attached hydrogens (tertiary/aromatic N) is 1. The van der Waals surface area contributed by atoms with Crippen molar-refractivity contribution < 1.29 is 28.3 Å². The molecule has 1 amide bonds. The number of ether oxygens (including phenoxy) is 1. The topological polar surface area (TPSA) is 126 Å². The van der Waals surface area contributed by atoms with E-state index in [-0.39, 0.29) is 16.6 Å². The van der Waals surface area contributed by atoms with Crippen molar-refractivity contribution in [3.05, 3.63) is 48.7 Å². The van der Waals surface area contributed by atoms with Gasteiger partial charge in [0.25, 0.3) is 5.91 Å². The number of carbonyl (C=O) groups is 1. The molecule has 3 N–H and O–H groups in total. The highest BCUT2D eigenvalue weighted by Gasteiger charge is 2.42. The molecule has 10 heteroatoms. The molecule has 31 heavy (non-hydrogen) atoms. The van der Waals surface area contributed by atoms with Gasteiger partial charge in [-0.2, -0.15) is 0 Å². The molecule has 0 saturated carbocycles. The van der Waals surface area contributed by atoms with Crippen LogP contribution in [0.25, 0.3) is 0 Å². The number of benzene rings is 1. The summed E-state index contributed by atoms with van der Waals surface area (Å²) >= 11 is 1.29. The summed E-state index contributed by atoms with van der Waals surface area (Å²) in [5.41, 5.74) is -0.940. The van der Waals surface area contributed by atoms with E-state index >= 15 is 0 Å². The Morgan fingerprint density at radius 1 is 1.26 bits per heavy atom. The van der Waals surface area contributed by atoms with Gasteiger partial charge in [-0.3, -0.25) is 10.0 Å². The Kier molecular flexibility index (Phi) is 9.30. The van der Waals surface area contributed by atoms with Crippen LogP contribution in [0.2, 0.25) is 0 Å². The van der Waals surface area contributed by atoms with Crippen LogP contribution >= 0.6 is 11.8 Å². The van der Waals surface area contributed by atoms with Crippen LogP contribution in [0.15, 0.2) is 58.6 Å². The summed E-state index contributed by atoms with van der Waals surface area (Å²) in [7, 11) is -4.04. The van der Waals surface area contributed by atoms with Crippen molar-refractivity contribution in [2.24, 2.45) is 0 Å². The summed E-state index contributed by atoms with van der Waals surface area (Å²) in [6.45, 7) is 4.31. The third-order valence-corrected chi connectivity index (χ3v) is 7.39. The predicted octanol–water partition coefficient (Wildman–Crippen LogP) is 2.84. The maximum Gasteiger partial charge on any atom is 0.276 e. The first-order chi connectivity index (χ1) is 14.7. The zero-order valence-electron chi connectivity index (χ0n) is 17.5. The van der Waals surface area contributed by atoms with Gasteiger partial charge in [0.15, 0.2) is 15.4 Å². The SMILES string of the molecule is CCCCOc1ccc(S(=O)(=O)CC(O)(CC(C)Sc2ccccn2)C(=O)NO)cc1. The lowest BCUT2D eigenvalue weighted by molar-refractivity contribution is -0.147. The van der Waals surface area contributed by atoms with Crippen molar-refractivity contribution in [3.8, 4) is 5.75 Å². The van der Waals surface area contributed by atoms with Crippen molar-refractivity contribution >= 4 is 27.5 Å². The summed E-state index contributed by atoms with van der Waals surface area (Å²) < 4.78 is 31.3. The number of hydrogen-bond acceptors (Lipinski definition) is 8. The summed E-state index contributed by atoms with van der Waals surface area (Å²) in [6.07, 6.45) is 3.27. The third-order valence-electron chi connectivity index (χ3n) is 4.49. The minimum absolute atomic E-state index is 0.0514. The van der Waals surface area contributed by atoms with Gasteiger partial charge < -0.3 is 9.84 Å². The van der Waals surface area contributed by atoms with Crippen molar-refractivity contribution in [2.45, 2.75) is 53.9 Å². The number of aromatic nitrogens is 1. The molecular formula is C21H28N2O6S2. The standard InChI is InChI=1S/C21H28N2O6S2/c1-3-4-13-29-17-8-10-18(11-9-17)31(27,28)15-21(25,20(24)23-26)14-16(2)30-19-7-5-6-12-22-19/h5-12,16,25-26H,3-4,13-15H2,1-2H3,(H,23,24). The molecule has 0 aliphatic rings. The fourth-order valence-electron chi connectivity index (χ4n) is 2.94. The monoisotopic (exact) mass is 468 g/mol. The second-order valence-electron chi connectivity index (χ2n) is 7.21. The maximum absolute atomic E-state index is 12.9. The number of hydrogen-bond donors (Lipinski definition) is 3. The Hall–Kier alpha value is -2.14. The van der Waals surface area contributed by atoms with E-state index in [2.05, 4.69) is 4.98 Å².